The van der Waals surface area contributed by atoms with Gasteiger partial charge in [0.15, 0.2) is 0 Å². The predicted molar refractivity (Wildman–Crippen MR) is 148 cm³/mol. The minimum atomic E-state index is -8.84. The maximum Gasteiger partial charge on any atom is 0.460 e. The van der Waals surface area contributed by atoms with Crippen LogP contribution in [0.4, 0.5) is 149 Å². The molecular weight excluding hydrogens is 1020 g/mol. The van der Waals surface area contributed by atoms with E-state index in [0.29, 0.717) is 0 Å². The van der Waals surface area contributed by atoms with Crippen molar-refractivity contribution >= 4 is 0 Å². The van der Waals surface area contributed by atoms with Gasteiger partial charge in [-0.15, -0.1) is 0 Å². The molecule has 0 aliphatic carbocycles. The molecule has 36 heteroatoms. The van der Waals surface area contributed by atoms with Crippen molar-refractivity contribution in [2.45, 2.75) is 127 Å². The van der Waals surface area contributed by atoms with Crippen LogP contribution in [0.5, 0.6) is 0 Å². The van der Waals surface area contributed by atoms with Crippen molar-refractivity contribution in [3.63, 3.8) is 0 Å². The van der Waals surface area contributed by atoms with Gasteiger partial charge in [-0.05, 0) is 0 Å². The zero-order valence-electron chi connectivity index (χ0n) is 32.1. The summed E-state index contributed by atoms with van der Waals surface area (Å²) in [7, 11) is 3.74. The highest BCUT2D eigenvalue weighted by Gasteiger charge is 2.97. The molecule has 0 heterocycles. The molecule has 0 rings (SSSR count). The molecule has 0 N–H and O–H groups in total. The topological polar surface area (TPSA) is 0 Å². The van der Waals surface area contributed by atoms with Crippen molar-refractivity contribution in [2.75, 3.05) is 54.4 Å². The molecule has 0 unspecified atom stereocenters. The van der Waals surface area contributed by atoms with E-state index in [-0.39, 0.29) is 0 Å². The third-order valence-corrected chi connectivity index (χ3v) is 9.61. The second-order valence-corrected chi connectivity index (χ2v) is 15.6. The van der Waals surface area contributed by atoms with Crippen molar-refractivity contribution in [1.29, 1.82) is 0 Å². The highest BCUT2D eigenvalue weighted by atomic mass is 19.4. The van der Waals surface area contributed by atoms with E-state index in [1.54, 1.807) is 0 Å². The van der Waals surface area contributed by atoms with Crippen LogP contribution in [0.15, 0.2) is 0 Å². The molecule has 0 spiro atoms. The summed E-state index contributed by atoms with van der Waals surface area (Å²) in [5, 5.41) is 0. The fraction of sp³-hybridized carbons (Fsp3) is 1.00. The quantitative estimate of drug-likeness (QED) is 0.0668. The van der Waals surface area contributed by atoms with Crippen LogP contribution < -0.4 is 0 Å². The van der Waals surface area contributed by atoms with Crippen molar-refractivity contribution in [3.05, 3.63) is 0 Å². The van der Waals surface area contributed by atoms with Crippen molar-refractivity contribution in [1.82, 2.24) is 0 Å². The van der Waals surface area contributed by atoms with Crippen LogP contribution in [-0.4, -0.2) is 159 Å². The summed E-state index contributed by atoms with van der Waals surface area (Å²) < 4.78 is 457. The van der Waals surface area contributed by atoms with E-state index in [1.807, 2.05) is 0 Å². The molecule has 392 valence electrons. The van der Waals surface area contributed by atoms with Crippen LogP contribution in [-0.2, 0) is 0 Å². The van der Waals surface area contributed by atoms with Gasteiger partial charge < -0.3 is 8.97 Å². The van der Waals surface area contributed by atoms with Crippen LogP contribution in [0.2, 0.25) is 0 Å². The van der Waals surface area contributed by atoms with Gasteiger partial charge in [0.05, 0.1) is 54.4 Å². The van der Waals surface area contributed by atoms with E-state index in [2.05, 4.69) is 0 Å². The Morgan fingerprint density at radius 2 is 0.369 bits per heavy atom. The zero-order chi connectivity index (χ0) is 53.4. The molecule has 0 saturated carbocycles. The van der Waals surface area contributed by atoms with Crippen LogP contribution in [0, 0.1) is 0 Å². The van der Waals surface area contributed by atoms with E-state index in [9.17, 15) is 149 Å². The fourth-order valence-electron chi connectivity index (χ4n) is 5.32. The Balaban J connectivity index is 5.91. The summed E-state index contributed by atoms with van der Waals surface area (Å²) in [6.07, 6.45) is -25.1. The Kier molecular flexibility index (Phi) is 16.5. The number of alkyl halides is 34. The first-order valence-corrected chi connectivity index (χ1v) is 16.7. The van der Waals surface area contributed by atoms with Gasteiger partial charge in [0.25, 0.3) is 0 Å². The van der Waals surface area contributed by atoms with Gasteiger partial charge in [-0.1, -0.05) is 0 Å². The summed E-state index contributed by atoms with van der Waals surface area (Å²) >= 11 is 0. The first kappa shape index (κ1) is 62.5. The Morgan fingerprint density at radius 1 is 0.215 bits per heavy atom. The van der Waals surface area contributed by atoms with Gasteiger partial charge >= 0.3 is 95.3 Å². The lowest BCUT2D eigenvalue weighted by Gasteiger charge is -2.43. The molecule has 0 bridgehead atoms. The van der Waals surface area contributed by atoms with Crippen molar-refractivity contribution in [3.8, 4) is 0 Å². The lowest BCUT2D eigenvalue weighted by atomic mass is 9.88. The Labute approximate surface area is 341 Å². The first-order valence-electron chi connectivity index (χ1n) is 16.7. The number of nitrogens with zero attached hydrogens (tertiary/aromatic N) is 2. The highest BCUT2D eigenvalue weighted by molar-refractivity contribution is 5.16. The first-order chi connectivity index (χ1) is 27.6. The monoisotopic (exact) mass is 1050 g/mol. The predicted octanol–water partition coefficient (Wildman–Crippen LogP) is 13.1. The van der Waals surface area contributed by atoms with E-state index in [1.165, 1.54) is 0 Å². The molecule has 0 atom stereocenters. The highest BCUT2D eigenvalue weighted by Crippen LogP contribution is 2.66. The third kappa shape index (κ3) is 10.0. The molecule has 0 amide bonds. The van der Waals surface area contributed by atoms with E-state index >= 15 is 0 Å². The second-order valence-electron chi connectivity index (χ2n) is 15.6. The molecule has 2 nitrogen and oxygen atoms in total. The minimum absolute atomic E-state index is 0.425. The maximum absolute atomic E-state index is 14.3. The number of hydrogen-bond acceptors (Lipinski definition) is 0. The molecule has 0 fully saturated rings. The van der Waals surface area contributed by atoms with Crippen LogP contribution >= 0.6 is 0 Å². The van der Waals surface area contributed by atoms with Crippen LogP contribution in [0.1, 0.15) is 32.1 Å². The Hall–Kier alpha value is -2.46. The molecule has 0 aromatic carbocycles. The van der Waals surface area contributed by atoms with Crippen molar-refractivity contribution < 1.29 is 158 Å². The second kappa shape index (κ2) is 17.2. The summed E-state index contributed by atoms with van der Waals surface area (Å²) in [5.41, 5.74) is 0. The molecule has 0 aromatic heterocycles. The van der Waals surface area contributed by atoms with Crippen molar-refractivity contribution in [2.24, 2.45) is 0 Å². The molecule has 0 saturated heterocycles. The molecular formula is C29H30F34N2+2. The smallest absolute Gasteiger partial charge is 0.328 e. The standard InChI is InChI=1S/C29H30F34N2/c1-64(2,10-5-8-14(30,31)16(34,35)18(38,39)20(42,43)22(46,47)24(50,51)26(54,55)28(58,59)60)12-7-13-65(3,4)11-6-9-15(32,33)17(36,37)19(40,41)21(44,45)23(48,49)25(52,53)27(56,57)29(61,62)63/h5-13H2,1-4H3/q+2. The number of rotatable bonds is 24. The van der Waals surface area contributed by atoms with Gasteiger partial charge in [0.1, 0.15) is 0 Å². The van der Waals surface area contributed by atoms with E-state index in [0.717, 1.165) is 28.2 Å². The fourth-order valence-corrected chi connectivity index (χ4v) is 5.32. The summed E-state index contributed by atoms with van der Waals surface area (Å²) in [6.45, 7) is -3.03. The molecule has 0 aliphatic heterocycles. The summed E-state index contributed by atoms with van der Waals surface area (Å²) in [6, 6.07) is 0. The average molecular weight is 1050 g/mol. The van der Waals surface area contributed by atoms with E-state index < -0.39 is 163 Å². The Morgan fingerprint density at radius 3 is 0.554 bits per heavy atom. The number of quaternary nitrogens is 2. The normalized spacial score (nSPS) is 16.7. The molecule has 0 aliphatic rings. The largest absolute Gasteiger partial charge is 0.460 e. The number of halogens is 34. The SMILES string of the molecule is C[N+](C)(CCCC(F)(F)C(F)(F)C(F)(F)C(F)(F)C(F)(F)C(F)(F)C(F)(F)C(F)(F)F)CCC[N+](C)(C)CCCC(F)(F)C(F)(F)C(F)(F)C(F)(F)C(F)(F)C(F)(F)C(F)(F)C(F)(F)F. The van der Waals surface area contributed by atoms with Gasteiger partial charge in [-0.25, -0.2) is 0 Å². The van der Waals surface area contributed by atoms with Crippen LogP contribution in [0.3, 0.4) is 0 Å². The van der Waals surface area contributed by atoms with Crippen LogP contribution in [0.25, 0.3) is 0 Å². The Bertz CT molecular complexity index is 1480. The van der Waals surface area contributed by atoms with E-state index in [4.69, 9.17) is 0 Å². The van der Waals surface area contributed by atoms with Gasteiger partial charge in [-0.2, -0.15) is 149 Å². The zero-order valence-corrected chi connectivity index (χ0v) is 32.1. The molecule has 65 heavy (non-hydrogen) atoms. The average Bonchev–Trinajstić information content (AvgIpc) is 3.05. The van der Waals surface area contributed by atoms with Gasteiger partial charge in [0, 0.05) is 32.1 Å². The molecule has 0 radical (unpaired) electrons. The summed E-state index contributed by atoms with van der Waals surface area (Å²) in [5.74, 6) is -116. The summed E-state index contributed by atoms with van der Waals surface area (Å²) in [4.78, 5) is 0. The lowest BCUT2D eigenvalue weighted by Crippen LogP contribution is -2.74. The third-order valence-electron chi connectivity index (χ3n) is 9.61. The molecule has 0 aromatic rings. The number of hydrogen-bond donors (Lipinski definition) is 0. The maximum atomic E-state index is 14.3. The van der Waals surface area contributed by atoms with Gasteiger partial charge in [0.2, 0.25) is 0 Å². The lowest BCUT2D eigenvalue weighted by molar-refractivity contribution is -0.909. The van der Waals surface area contributed by atoms with Gasteiger partial charge in [-0.3, -0.25) is 0 Å². The minimum Gasteiger partial charge on any atom is -0.328 e.